The molecule has 0 atom stereocenters. The SMILES string of the molecule is O=C1C=C(COCC2CC2)CC(=O)N1. The first kappa shape index (κ1) is 9.40. The lowest BCUT2D eigenvalue weighted by Crippen LogP contribution is -2.33. The van der Waals surface area contributed by atoms with Gasteiger partial charge in [0.05, 0.1) is 13.0 Å². The van der Waals surface area contributed by atoms with Crippen LogP contribution >= 0.6 is 0 Å². The summed E-state index contributed by atoms with van der Waals surface area (Å²) in [4.78, 5) is 21.9. The fraction of sp³-hybridized carbons (Fsp3) is 0.600. The van der Waals surface area contributed by atoms with Gasteiger partial charge in [0.25, 0.3) is 5.91 Å². The van der Waals surface area contributed by atoms with Crippen molar-refractivity contribution in [2.45, 2.75) is 19.3 Å². The molecule has 0 spiro atoms. The fourth-order valence-electron chi connectivity index (χ4n) is 1.39. The molecule has 0 aromatic carbocycles. The van der Waals surface area contributed by atoms with Crippen LogP contribution < -0.4 is 5.32 Å². The third kappa shape index (κ3) is 2.67. The molecule has 2 rings (SSSR count). The van der Waals surface area contributed by atoms with Gasteiger partial charge in [0.15, 0.2) is 0 Å². The Morgan fingerprint density at radius 1 is 1.43 bits per heavy atom. The van der Waals surface area contributed by atoms with Crippen molar-refractivity contribution < 1.29 is 14.3 Å². The van der Waals surface area contributed by atoms with Gasteiger partial charge in [0.1, 0.15) is 0 Å². The van der Waals surface area contributed by atoms with Gasteiger partial charge in [-0.3, -0.25) is 14.9 Å². The Morgan fingerprint density at radius 2 is 2.21 bits per heavy atom. The van der Waals surface area contributed by atoms with E-state index >= 15 is 0 Å². The van der Waals surface area contributed by atoms with E-state index in [0.717, 1.165) is 12.2 Å². The van der Waals surface area contributed by atoms with E-state index in [4.69, 9.17) is 4.74 Å². The van der Waals surface area contributed by atoms with E-state index in [0.29, 0.717) is 12.5 Å². The van der Waals surface area contributed by atoms with E-state index < -0.39 is 0 Å². The molecule has 2 amide bonds. The number of rotatable bonds is 4. The monoisotopic (exact) mass is 195 g/mol. The molecule has 1 saturated carbocycles. The maximum Gasteiger partial charge on any atom is 0.250 e. The molecule has 2 aliphatic rings. The van der Waals surface area contributed by atoms with E-state index in [9.17, 15) is 9.59 Å². The number of carbonyl (C=O) groups is 2. The van der Waals surface area contributed by atoms with Crippen LogP contribution in [0.1, 0.15) is 19.3 Å². The van der Waals surface area contributed by atoms with Gasteiger partial charge < -0.3 is 4.74 Å². The van der Waals surface area contributed by atoms with Gasteiger partial charge in [-0.05, 0) is 24.3 Å². The van der Waals surface area contributed by atoms with Gasteiger partial charge in [-0.15, -0.1) is 0 Å². The van der Waals surface area contributed by atoms with E-state index in [1.165, 1.54) is 18.9 Å². The summed E-state index contributed by atoms with van der Waals surface area (Å²) >= 11 is 0. The molecule has 14 heavy (non-hydrogen) atoms. The van der Waals surface area contributed by atoms with Crippen molar-refractivity contribution in [3.63, 3.8) is 0 Å². The zero-order chi connectivity index (χ0) is 9.97. The first-order valence-corrected chi connectivity index (χ1v) is 4.85. The second-order valence-corrected chi connectivity index (χ2v) is 3.85. The topological polar surface area (TPSA) is 55.4 Å². The Kier molecular flexibility index (Phi) is 2.63. The molecule has 0 saturated heterocycles. The lowest BCUT2D eigenvalue weighted by molar-refractivity contribution is -0.128. The summed E-state index contributed by atoms with van der Waals surface area (Å²) in [6, 6.07) is 0. The van der Waals surface area contributed by atoms with Crippen LogP contribution in [0.3, 0.4) is 0 Å². The first-order chi connectivity index (χ1) is 6.74. The lowest BCUT2D eigenvalue weighted by Gasteiger charge is -2.12. The number of carbonyl (C=O) groups excluding carboxylic acids is 2. The second-order valence-electron chi connectivity index (χ2n) is 3.85. The van der Waals surface area contributed by atoms with E-state index in [-0.39, 0.29) is 18.2 Å². The summed E-state index contributed by atoms with van der Waals surface area (Å²) < 4.78 is 5.39. The Labute approximate surface area is 82.3 Å². The van der Waals surface area contributed by atoms with Gasteiger partial charge >= 0.3 is 0 Å². The van der Waals surface area contributed by atoms with Crippen LogP contribution in [-0.2, 0) is 14.3 Å². The van der Waals surface area contributed by atoms with E-state index in [2.05, 4.69) is 5.32 Å². The number of nitrogens with one attached hydrogen (secondary N) is 1. The molecule has 0 radical (unpaired) electrons. The zero-order valence-electron chi connectivity index (χ0n) is 7.91. The molecule has 4 heteroatoms. The minimum absolute atomic E-state index is 0.234. The summed E-state index contributed by atoms with van der Waals surface area (Å²) in [6.07, 6.45) is 4.24. The number of imide groups is 1. The smallest absolute Gasteiger partial charge is 0.250 e. The Balaban J connectivity index is 1.77. The zero-order valence-corrected chi connectivity index (χ0v) is 7.91. The summed E-state index contributed by atoms with van der Waals surface area (Å²) in [7, 11) is 0. The predicted molar refractivity (Wildman–Crippen MR) is 49.4 cm³/mol. The average molecular weight is 195 g/mol. The Bertz CT molecular complexity index is 292. The lowest BCUT2D eigenvalue weighted by atomic mass is 10.1. The van der Waals surface area contributed by atoms with Gasteiger partial charge in [0, 0.05) is 12.7 Å². The van der Waals surface area contributed by atoms with Crippen LogP contribution in [0, 0.1) is 5.92 Å². The maximum absolute atomic E-state index is 11.0. The molecule has 1 aliphatic heterocycles. The summed E-state index contributed by atoms with van der Waals surface area (Å²) in [5.41, 5.74) is 0.777. The molecule has 76 valence electrons. The highest BCUT2D eigenvalue weighted by Gasteiger charge is 2.22. The van der Waals surface area contributed by atoms with Crippen molar-refractivity contribution in [1.82, 2.24) is 5.32 Å². The van der Waals surface area contributed by atoms with Crippen molar-refractivity contribution >= 4 is 11.8 Å². The third-order valence-electron chi connectivity index (χ3n) is 2.32. The number of amides is 2. The van der Waals surface area contributed by atoms with Gasteiger partial charge in [-0.2, -0.15) is 0 Å². The first-order valence-electron chi connectivity index (χ1n) is 4.85. The second kappa shape index (κ2) is 3.92. The van der Waals surface area contributed by atoms with Crippen LogP contribution in [0.5, 0.6) is 0 Å². The van der Waals surface area contributed by atoms with Crippen molar-refractivity contribution in [2.24, 2.45) is 5.92 Å². The van der Waals surface area contributed by atoms with Gasteiger partial charge in [-0.1, -0.05) is 0 Å². The molecule has 1 fully saturated rings. The van der Waals surface area contributed by atoms with Crippen molar-refractivity contribution in [3.05, 3.63) is 11.6 Å². The Morgan fingerprint density at radius 3 is 2.86 bits per heavy atom. The summed E-state index contributed by atoms with van der Waals surface area (Å²) in [5, 5.41) is 2.21. The molecule has 4 nitrogen and oxygen atoms in total. The molecular weight excluding hydrogens is 182 g/mol. The molecule has 1 aliphatic carbocycles. The van der Waals surface area contributed by atoms with Crippen LogP contribution in [0.25, 0.3) is 0 Å². The number of hydrogen-bond donors (Lipinski definition) is 1. The van der Waals surface area contributed by atoms with Crippen molar-refractivity contribution in [3.8, 4) is 0 Å². The molecule has 0 aromatic rings. The third-order valence-corrected chi connectivity index (χ3v) is 2.32. The quantitative estimate of drug-likeness (QED) is 0.660. The minimum Gasteiger partial charge on any atom is -0.377 e. The largest absolute Gasteiger partial charge is 0.377 e. The highest BCUT2D eigenvalue weighted by Crippen LogP contribution is 2.28. The maximum atomic E-state index is 11.0. The molecule has 1 N–H and O–H groups in total. The molecule has 0 unspecified atom stereocenters. The molecule has 0 bridgehead atoms. The van der Waals surface area contributed by atoms with Gasteiger partial charge in [-0.25, -0.2) is 0 Å². The van der Waals surface area contributed by atoms with E-state index in [1.807, 2.05) is 0 Å². The number of ether oxygens (including phenoxy) is 1. The highest BCUT2D eigenvalue weighted by atomic mass is 16.5. The van der Waals surface area contributed by atoms with Gasteiger partial charge in [0.2, 0.25) is 5.91 Å². The average Bonchev–Trinajstić information content (AvgIpc) is 2.86. The summed E-state index contributed by atoms with van der Waals surface area (Å²) in [5.74, 6) is 0.150. The van der Waals surface area contributed by atoms with Crippen molar-refractivity contribution in [1.29, 1.82) is 0 Å². The fourth-order valence-corrected chi connectivity index (χ4v) is 1.39. The summed E-state index contributed by atoms with van der Waals surface area (Å²) in [6.45, 7) is 1.17. The Hall–Kier alpha value is -1.16. The minimum atomic E-state index is -0.328. The highest BCUT2D eigenvalue weighted by molar-refractivity contribution is 6.05. The van der Waals surface area contributed by atoms with E-state index in [1.54, 1.807) is 0 Å². The molecular formula is C10H13NO3. The molecule has 1 heterocycles. The van der Waals surface area contributed by atoms with Crippen LogP contribution in [0.15, 0.2) is 11.6 Å². The number of hydrogen-bond acceptors (Lipinski definition) is 3. The molecule has 0 aromatic heterocycles. The standard InChI is InChI=1S/C10H13NO3/c12-9-3-8(4-10(13)11-9)6-14-5-7-1-2-7/h3,7H,1-2,4-6H2,(H,11,12,13). The van der Waals surface area contributed by atoms with Crippen LogP contribution in [0.2, 0.25) is 0 Å². The van der Waals surface area contributed by atoms with Crippen LogP contribution in [-0.4, -0.2) is 25.0 Å². The van der Waals surface area contributed by atoms with Crippen LogP contribution in [0.4, 0.5) is 0 Å². The predicted octanol–water partition coefficient (Wildman–Crippen LogP) is 0.386. The normalized spacial score (nSPS) is 21.9. The van der Waals surface area contributed by atoms with Crippen molar-refractivity contribution in [2.75, 3.05) is 13.2 Å².